The first-order chi connectivity index (χ1) is 9.90. The molecule has 0 bridgehead atoms. The van der Waals surface area contributed by atoms with Crippen LogP contribution >= 0.6 is 0 Å². The van der Waals surface area contributed by atoms with Crippen molar-refractivity contribution in [3.8, 4) is 6.07 Å². The molecule has 1 aliphatic heterocycles. The molecule has 1 aliphatic rings. The lowest BCUT2D eigenvalue weighted by Gasteiger charge is -2.25. The highest BCUT2D eigenvalue weighted by Gasteiger charge is 2.42. The van der Waals surface area contributed by atoms with Gasteiger partial charge in [0.25, 0.3) is 0 Å². The molecule has 0 N–H and O–H groups in total. The highest BCUT2D eigenvalue weighted by atomic mass is 19.4. The third-order valence-corrected chi connectivity index (χ3v) is 2.98. The van der Waals surface area contributed by atoms with Crippen LogP contribution in [-0.2, 0) is 9.63 Å². The summed E-state index contributed by atoms with van der Waals surface area (Å²) >= 11 is 0. The maximum absolute atomic E-state index is 12.1. The van der Waals surface area contributed by atoms with Gasteiger partial charge in [-0.15, -0.1) is 5.06 Å². The summed E-state index contributed by atoms with van der Waals surface area (Å²) in [5, 5.41) is 9.80. The normalized spacial score (nSPS) is 16.0. The number of hydrogen-bond donors (Lipinski definition) is 0. The van der Waals surface area contributed by atoms with Crippen molar-refractivity contribution < 1.29 is 22.8 Å². The predicted molar refractivity (Wildman–Crippen MR) is 67.5 cm³/mol. The van der Waals surface area contributed by atoms with E-state index in [1.165, 1.54) is 0 Å². The molecular weight excluding hydrogens is 285 g/mol. The lowest BCUT2D eigenvalue weighted by atomic mass is 9.99. The predicted octanol–water partition coefficient (Wildman–Crippen LogP) is 2.67. The van der Waals surface area contributed by atoms with Crippen LogP contribution in [0.4, 0.5) is 13.2 Å². The molecule has 0 radical (unpaired) electrons. The van der Waals surface area contributed by atoms with E-state index < -0.39 is 12.1 Å². The zero-order chi connectivity index (χ0) is 15.5. The number of hydroxylamine groups is 2. The van der Waals surface area contributed by atoms with Gasteiger partial charge in [-0.3, -0.25) is 0 Å². The van der Waals surface area contributed by atoms with Gasteiger partial charge in [-0.1, -0.05) is 18.2 Å². The number of rotatable bonds is 2. The van der Waals surface area contributed by atoms with Crippen molar-refractivity contribution in [1.29, 1.82) is 5.26 Å². The fraction of sp³-hybridized carbons (Fsp3) is 0.286. The minimum atomic E-state index is -4.99. The molecule has 1 aromatic carbocycles. The molecule has 0 saturated heterocycles. The fourth-order valence-corrected chi connectivity index (χ4v) is 1.95. The van der Waals surface area contributed by atoms with E-state index >= 15 is 0 Å². The maximum atomic E-state index is 12.1. The smallest absolute Gasteiger partial charge is 0.360 e. The summed E-state index contributed by atoms with van der Waals surface area (Å²) in [6, 6.07) is 8.97. The zero-order valence-corrected chi connectivity index (χ0v) is 10.9. The fourth-order valence-electron chi connectivity index (χ4n) is 1.95. The first-order valence-corrected chi connectivity index (χ1v) is 6.14. The van der Waals surface area contributed by atoms with Crippen LogP contribution in [0.5, 0.6) is 0 Å². The Bertz CT molecular complexity index is 617. The molecule has 0 spiro atoms. The van der Waals surface area contributed by atoms with E-state index in [1.54, 1.807) is 24.3 Å². The average Bonchev–Trinajstić information content (AvgIpc) is 2.47. The monoisotopic (exact) mass is 296 g/mol. The molecule has 2 rings (SSSR count). The van der Waals surface area contributed by atoms with E-state index in [-0.39, 0.29) is 13.1 Å². The number of carbonyl (C=O) groups excluding carboxylic acids is 1. The Morgan fingerprint density at radius 1 is 1.38 bits per heavy atom. The van der Waals surface area contributed by atoms with E-state index in [0.29, 0.717) is 12.0 Å². The number of nitrogens with zero attached hydrogens (tertiary/aromatic N) is 2. The second kappa shape index (κ2) is 5.97. The molecule has 0 fully saturated rings. The molecule has 7 heteroatoms. The second-order valence-electron chi connectivity index (χ2n) is 4.44. The van der Waals surface area contributed by atoms with Crippen molar-refractivity contribution in [3.63, 3.8) is 0 Å². The Morgan fingerprint density at radius 3 is 2.71 bits per heavy atom. The topological polar surface area (TPSA) is 53.3 Å². The van der Waals surface area contributed by atoms with E-state index in [9.17, 15) is 18.0 Å². The number of hydrogen-bond acceptors (Lipinski definition) is 4. The SMILES string of the molecule is N#Cc1cccc(C2=CCN(OC(=O)C(F)(F)F)CC2)c1. The third kappa shape index (κ3) is 3.83. The summed E-state index contributed by atoms with van der Waals surface area (Å²) < 4.78 is 36.2. The van der Waals surface area contributed by atoms with Crippen molar-refractivity contribution in [2.24, 2.45) is 0 Å². The summed E-state index contributed by atoms with van der Waals surface area (Å²) in [5.74, 6) is -2.22. The Morgan fingerprint density at radius 2 is 2.14 bits per heavy atom. The van der Waals surface area contributed by atoms with Gasteiger partial charge in [0.1, 0.15) is 0 Å². The molecular formula is C14H11F3N2O2. The zero-order valence-electron chi connectivity index (χ0n) is 10.9. The lowest BCUT2D eigenvalue weighted by molar-refractivity contribution is -0.237. The Balaban J connectivity index is 2.02. The van der Waals surface area contributed by atoms with Gasteiger partial charge < -0.3 is 4.84 Å². The molecule has 1 aromatic rings. The number of nitriles is 1. The van der Waals surface area contributed by atoms with Gasteiger partial charge >= 0.3 is 12.1 Å². The highest BCUT2D eigenvalue weighted by Crippen LogP contribution is 2.24. The van der Waals surface area contributed by atoms with Crippen LogP contribution in [0.1, 0.15) is 17.5 Å². The summed E-state index contributed by atoms with van der Waals surface area (Å²) in [6.07, 6.45) is -2.88. The van der Waals surface area contributed by atoms with E-state index in [1.807, 2.05) is 12.1 Å². The van der Waals surface area contributed by atoms with Gasteiger partial charge in [-0.05, 0) is 29.7 Å². The minimum absolute atomic E-state index is 0.0773. The summed E-state index contributed by atoms with van der Waals surface area (Å²) in [7, 11) is 0. The molecule has 0 aromatic heterocycles. The Kier molecular flexibility index (Phi) is 4.29. The van der Waals surface area contributed by atoms with Crippen LogP contribution < -0.4 is 0 Å². The molecule has 0 unspecified atom stereocenters. The molecule has 0 aliphatic carbocycles. The summed E-state index contributed by atoms with van der Waals surface area (Å²) in [6.45, 7) is 0.248. The van der Waals surface area contributed by atoms with Crippen LogP contribution in [-0.4, -0.2) is 30.3 Å². The van der Waals surface area contributed by atoms with Crippen molar-refractivity contribution >= 4 is 11.5 Å². The van der Waals surface area contributed by atoms with Gasteiger partial charge in [-0.2, -0.15) is 18.4 Å². The van der Waals surface area contributed by atoms with E-state index in [4.69, 9.17) is 5.26 Å². The van der Waals surface area contributed by atoms with Crippen LogP contribution in [0.2, 0.25) is 0 Å². The first-order valence-electron chi connectivity index (χ1n) is 6.14. The van der Waals surface area contributed by atoms with Gasteiger partial charge in [0, 0.05) is 6.54 Å². The molecule has 0 amide bonds. The van der Waals surface area contributed by atoms with Crippen molar-refractivity contribution in [2.75, 3.05) is 13.1 Å². The summed E-state index contributed by atoms with van der Waals surface area (Å²) in [5.41, 5.74) is 2.27. The van der Waals surface area contributed by atoms with Crippen LogP contribution in [0.3, 0.4) is 0 Å². The van der Waals surface area contributed by atoms with Crippen LogP contribution in [0.25, 0.3) is 5.57 Å². The van der Waals surface area contributed by atoms with Crippen LogP contribution in [0, 0.1) is 11.3 Å². The first kappa shape index (κ1) is 15.1. The van der Waals surface area contributed by atoms with E-state index in [2.05, 4.69) is 4.84 Å². The molecule has 0 atom stereocenters. The molecule has 0 saturated carbocycles. The molecule has 4 nitrogen and oxygen atoms in total. The lowest BCUT2D eigenvalue weighted by Crippen LogP contribution is -2.37. The standard InChI is InChI=1S/C14H11F3N2O2/c15-14(16,17)13(20)21-19-6-4-11(5-7-19)12-3-1-2-10(8-12)9-18/h1-4,8H,5-7H2. The quantitative estimate of drug-likeness (QED) is 0.842. The second-order valence-corrected chi connectivity index (χ2v) is 4.44. The number of alkyl halides is 3. The third-order valence-electron chi connectivity index (χ3n) is 2.98. The average molecular weight is 296 g/mol. The largest absolute Gasteiger partial charge is 0.492 e. The maximum Gasteiger partial charge on any atom is 0.492 e. The molecule has 1 heterocycles. The van der Waals surface area contributed by atoms with Gasteiger partial charge in [0.15, 0.2) is 0 Å². The Hall–Kier alpha value is -2.33. The number of carbonyl (C=O) groups is 1. The minimum Gasteiger partial charge on any atom is -0.360 e. The Labute approximate surface area is 119 Å². The van der Waals surface area contributed by atoms with E-state index in [0.717, 1.165) is 16.2 Å². The highest BCUT2D eigenvalue weighted by molar-refractivity contribution is 5.75. The van der Waals surface area contributed by atoms with Gasteiger partial charge in [0.05, 0.1) is 18.2 Å². The molecule has 110 valence electrons. The summed E-state index contributed by atoms with van der Waals surface area (Å²) in [4.78, 5) is 15.0. The molecule has 21 heavy (non-hydrogen) atoms. The number of halogens is 3. The van der Waals surface area contributed by atoms with Crippen molar-refractivity contribution in [2.45, 2.75) is 12.6 Å². The van der Waals surface area contributed by atoms with Crippen molar-refractivity contribution in [1.82, 2.24) is 5.06 Å². The van der Waals surface area contributed by atoms with Gasteiger partial charge in [0.2, 0.25) is 0 Å². The van der Waals surface area contributed by atoms with Gasteiger partial charge in [-0.25, -0.2) is 4.79 Å². The van der Waals surface area contributed by atoms with Crippen molar-refractivity contribution in [3.05, 3.63) is 41.5 Å². The van der Waals surface area contributed by atoms with Crippen LogP contribution in [0.15, 0.2) is 30.3 Å². The number of benzene rings is 1.